The second-order valence-corrected chi connectivity index (χ2v) is 5.06. The first-order valence-electron chi connectivity index (χ1n) is 6.82. The predicted molar refractivity (Wildman–Crippen MR) is 83.4 cm³/mol. The molecular weight excluding hydrogens is 363 g/mol. The lowest BCUT2D eigenvalue weighted by Crippen LogP contribution is -2.22. The standard InChI is InChI=1S/C16H11ClF3NO4/c17-9-5-6-11(18)10(7-9)15(23)24-8-14(22)21-12-3-1-2-4-13(12)25-16(19)20/h1-7,16H,8H2,(H,21,22). The molecule has 9 heteroatoms. The van der Waals surface area contributed by atoms with Crippen LogP contribution in [0, 0.1) is 5.82 Å². The fourth-order valence-electron chi connectivity index (χ4n) is 1.82. The van der Waals surface area contributed by atoms with Crippen LogP contribution in [0.3, 0.4) is 0 Å². The molecule has 0 heterocycles. The van der Waals surface area contributed by atoms with Crippen molar-refractivity contribution in [1.29, 1.82) is 0 Å². The highest BCUT2D eigenvalue weighted by atomic mass is 35.5. The van der Waals surface area contributed by atoms with Crippen molar-refractivity contribution < 1.29 is 32.2 Å². The zero-order valence-corrected chi connectivity index (χ0v) is 13.2. The number of ether oxygens (including phenoxy) is 2. The monoisotopic (exact) mass is 373 g/mol. The first kappa shape index (κ1) is 18.6. The number of amides is 1. The van der Waals surface area contributed by atoms with Crippen LogP contribution in [-0.4, -0.2) is 25.1 Å². The van der Waals surface area contributed by atoms with Crippen molar-refractivity contribution in [3.8, 4) is 5.75 Å². The number of alkyl halides is 2. The lowest BCUT2D eigenvalue weighted by Gasteiger charge is -2.12. The molecule has 0 aliphatic rings. The topological polar surface area (TPSA) is 64.6 Å². The van der Waals surface area contributed by atoms with Crippen molar-refractivity contribution in [1.82, 2.24) is 0 Å². The summed E-state index contributed by atoms with van der Waals surface area (Å²) in [6.45, 7) is -3.82. The second-order valence-electron chi connectivity index (χ2n) is 4.62. The zero-order valence-electron chi connectivity index (χ0n) is 12.5. The van der Waals surface area contributed by atoms with Gasteiger partial charge in [0.1, 0.15) is 11.6 Å². The minimum absolute atomic E-state index is 0.0298. The quantitative estimate of drug-likeness (QED) is 0.780. The van der Waals surface area contributed by atoms with E-state index in [0.717, 1.165) is 12.1 Å². The van der Waals surface area contributed by atoms with E-state index in [1.165, 1.54) is 30.3 Å². The number of anilines is 1. The number of nitrogens with one attached hydrogen (secondary N) is 1. The number of hydrogen-bond acceptors (Lipinski definition) is 4. The van der Waals surface area contributed by atoms with Gasteiger partial charge in [-0.25, -0.2) is 9.18 Å². The van der Waals surface area contributed by atoms with Gasteiger partial charge in [-0.05, 0) is 30.3 Å². The highest BCUT2D eigenvalue weighted by molar-refractivity contribution is 6.30. The Morgan fingerprint density at radius 3 is 2.60 bits per heavy atom. The molecular formula is C16H11ClF3NO4. The van der Waals surface area contributed by atoms with Gasteiger partial charge in [-0.3, -0.25) is 4.79 Å². The average molecular weight is 374 g/mol. The second kappa shape index (κ2) is 8.39. The van der Waals surface area contributed by atoms with E-state index in [0.29, 0.717) is 0 Å². The third-order valence-corrected chi connectivity index (χ3v) is 3.09. The number of carbonyl (C=O) groups is 2. The Bertz CT molecular complexity index is 786. The summed E-state index contributed by atoms with van der Waals surface area (Å²) in [6, 6.07) is 8.78. The van der Waals surface area contributed by atoms with Gasteiger partial charge in [0.25, 0.3) is 5.91 Å². The zero-order chi connectivity index (χ0) is 18.4. The molecule has 0 saturated carbocycles. The SMILES string of the molecule is O=C(COC(=O)c1cc(Cl)ccc1F)Nc1ccccc1OC(F)F. The number of carbonyl (C=O) groups excluding carboxylic acids is 2. The number of halogens is 4. The molecule has 0 aliphatic heterocycles. The fraction of sp³-hybridized carbons (Fsp3) is 0.125. The molecule has 1 N–H and O–H groups in total. The molecule has 0 fully saturated rings. The number of para-hydroxylation sites is 2. The number of benzene rings is 2. The van der Waals surface area contributed by atoms with Crippen molar-refractivity contribution in [2.75, 3.05) is 11.9 Å². The largest absolute Gasteiger partial charge is 0.452 e. The van der Waals surface area contributed by atoms with Crippen LogP contribution in [0.25, 0.3) is 0 Å². The van der Waals surface area contributed by atoms with E-state index >= 15 is 0 Å². The Hall–Kier alpha value is -2.74. The molecule has 0 aliphatic carbocycles. The minimum Gasteiger partial charge on any atom is -0.452 e. The smallest absolute Gasteiger partial charge is 0.387 e. The highest BCUT2D eigenvalue weighted by Crippen LogP contribution is 2.25. The van der Waals surface area contributed by atoms with Gasteiger partial charge in [-0.1, -0.05) is 23.7 Å². The molecule has 2 aromatic carbocycles. The van der Waals surface area contributed by atoms with Crippen molar-refractivity contribution in [2.45, 2.75) is 6.61 Å². The third kappa shape index (κ3) is 5.39. The molecule has 2 rings (SSSR count). The van der Waals surface area contributed by atoms with Gasteiger partial charge in [0.05, 0.1) is 11.3 Å². The van der Waals surface area contributed by atoms with Crippen LogP contribution in [0.4, 0.5) is 18.9 Å². The molecule has 25 heavy (non-hydrogen) atoms. The Kier molecular flexibility index (Phi) is 6.24. The minimum atomic E-state index is -3.07. The number of esters is 1. The van der Waals surface area contributed by atoms with Crippen LogP contribution in [0.15, 0.2) is 42.5 Å². The maximum absolute atomic E-state index is 13.5. The fourth-order valence-corrected chi connectivity index (χ4v) is 1.99. The normalized spacial score (nSPS) is 10.4. The summed E-state index contributed by atoms with van der Waals surface area (Å²) in [5.74, 6) is -3.02. The van der Waals surface area contributed by atoms with Gasteiger partial charge >= 0.3 is 12.6 Å². The molecule has 5 nitrogen and oxygen atoms in total. The lowest BCUT2D eigenvalue weighted by molar-refractivity contribution is -0.119. The van der Waals surface area contributed by atoms with Crippen LogP contribution in [0.2, 0.25) is 5.02 Å². The van der Waals surface area contributed by atoms with E-state index in [4.69, 9.17) is 11.6 Å². The molecule has 0 atom stereocenters. The molecule has 0 bridgehead atoms. The Balaban J connectivity index is 1.97. The van der Waals surface area contributed by atoms with Gasteiger partial charge in [-0.2, -0.15) is 8.78 Å². The lowest BCUT2D eigenvalue weighted by atomic mass is 10.2. The number of rotatable bonds is 6. The van der Waals surface area contributed by atoms with E-state index in [1.807, 2.05) is 0 Å². The molecule has 0 aromatic heterocycles. The summed E-state index contributed by atoms with van der Waals surface area (Å²) in [4.78, 5) is 23.5. The third-order valence-electron chi connectivity index (χ3n) is 2.86. The predicted octanol–water partition coefficient (Wildman–Crippen LogP) is 3.88. The van der Waals surface area contributed by atoms with Crippen LogP contribution in [-0.2, 0) is 9.53 Å². The first-order chi connectivity index (χ1) is 11.9. The molecule has 0 saturated heterocycles. The summed E-state index contributed by atoms with van der Waals surface area (Å²) in [6.07, 6.45) is 0. The molecule has 2 aromatic rings. The van der Waals surface area contributed by atoms with Crippen molar-refractivity contribution in [2.24, 2.45) is 0 Å². The van der Waals surface area contributed by atoms with Crippen molar-refractivity contribution >= 4 is 29.2 Å². The summed E-state index contributed by atoms with van der Waals surface area (Å²) in [5, 5.41) is 2.38. The molecule has 132 valence electrons. The first-order valence-corrected chi connectivity index (χ1v) is 7.20. The summed E-state index contributed by atoms with van der Waals surface area (Å²) < 4.78 is 47.0. The summed E-state index contributed by atoms with van der Waals surface area (Å²) >= 11 is 5.66. The van der Waals surface area contributed by atoms with Crippen LogP contribution >= 0.6 is 11.6 Å². The number of hydrogen-bond donors (Lipinski definition) is 1. The molecule has 0 spiro atoms. The van der Waals surface area contributed by atoms with Crippen molar-refractivity contribution in [3.05, 3.63) is 58.9 Å². The van der Waals surface area contributed by atoms with Gasteiger partial charge in [-0.15, -0.1) is 0 Å². The maximum atomic E-state index is 13.5. The Morgan fingerprint density at radius 2 is 1.88 bits per heavy atom. The van der Waals surface area contributed by atoms with E-state index in [9.17, 15) is 22.8 Å². The van der Waals surface area contributed by atoms with E-state index in [2.05, 4.69) is 14.8 Å². The summed E-state index contributed by atoms with van der Waals surface area (Å²) in [5.41, 5.74) is -0.459. The van der Waals surface area contributed by atoms with Crippen molar-refractivity contribution in [3.63, 3.8) is 0 Å². The maximum Gasteiger partial charge on any atom is 0.387 e. The van der Waals surface area contributed by atoms with Gasteiger partial charge in [0.2, 0.25) is 0 Å². The van der Waals surface area contributed by atoms with E-state index in [1.54, 1.807) is 0 Å². The van der Waals surface area contributed by atoms with Gasteiger partial charge in [0, 0.05) is 5.02 Å². The van der Waals surface area contributed by atoms with Gasteiger partial charge in [0.15, 0.2) is 6.61 Å². The van der Waals surface area contributed by atoms with Crippen LogP contribution < -0.4 is 10.1 Å². The highest BCUT2D eigenvalue weighted by Gasteiger charge is 2.16. The van der Waals surface area contributed by atoms with E-state index < -0.39 is 36.5 Å². The van der Waals surface area contributed by atoms with E-state index in [-0.39, 0.29) is 16.5 Å². The molecule has 0 unspecified atom stereocenters. The summed E-state index contributed by atoms with van der Waals surface area (Å²) in [7, 11) is 0. The molecule has 1 amide bonds. The van der Waals surface area contributed by atoms with Crippen LogP contribution in [0.5, 0.6) is 5.75 Å². The van der Waals surface area contributed by atoms with Crippen LogP contribution in [0.1, 0.15) is 10.4 Å². The Labute approximate surface area is 145 Å². The average Bonchev–Trinajstić information content (AvgIpc) is 2.56. The Morgan fingerprint density at radius 1 is 1.16 bits per heavy atom. The molecule has 0 radical (unpaired) electrons. The van der Waals surface area contributed by atoms with Gasteiger partial charge < -0.3 is 14.8 Å².